The van der Waals surface area contributed by atoms with Gasteiger partial charge < -0.3 is 0 Å². The Balaban J connectivity index is 1.98. The summed E-state index contributed by atoms with van der Waals surface area (Å²) >= 11 is 0. The zero-order chi connectivity index (χ0) is 13.5. The zero-order valence-corrected chi connectivity index (χ0v) is 11.5. The Kier molecular flexibility index (Phi) is 3.20. The van der Waals surface area contributed by atoms with Gasteiger partial charge in [0.2, 0.25) is 0 Å². The summed E-state index contributed by atoms with van der Waals surface area (Å²) in [6.45, 7) is 1.81. The van der Waals surface area contributed by atoms with Gasteiger partial charge in [-0.2, -0.15) is 0 Å². The first-order valence-corrected chi connectivity index (χ1v) is 7.43. The lowest BCUT2D eigenvalue weighted by Gasteiger charge is -2.38. The van der Waals surface area contributed by atoms with Gasteiger partial charge in [0.25, 0.3) is 0 Å². The Labute approximate surface area is 114 Å². The van der Waals surface area contributed by atoms with Crippen molar-refractivity contribution in [3.8, 4) is 0 Å². The molecule has 1 nitrogen and oxygen atoms in total. The average Bonchev–Trinajstić information content (AvgIpc) is 2.81. The monoisotopic (exact) mass is 260 g/mol. The maximum atomic E-state index is 13.4. The number of aryl methyl sites for hydroxylation is 1. The molecule has 2 unspecified atom stereocenters. The second kappa shape index (κ2) is 4.73. The standard InChI is InChI=1S/C17H21FO/c1-12-11-13(7-8-15(12)18)14-5-4-10-17(14)9-3-2-6-16(17)19/h7-8,11,14H,2-6,9-10H2,1H3. The second-order valence-electron chi connectivity index (χ2n) is 6.24. The molecule has 2 heteroatoms. The van der Waals surface area contributed by atoms with Crippen molar-refractivity contribution in [3.05, 3.63) is 35.1 Å². The van der Waals surface area contributed by atoms with E-state index in [1.165, 1.54) is 12.0 Å². The summed E-state index contributed by atoms with van der Waals surface area (Å²) in [4.78, 5) is 12.5. The SMILES string of the molecule is Cc1cc(C2CCCC23CCCCC3=O)ccc1F. The van der Waals surface area contributed by atoms with Gasteiger partial charge in [-0.1, -0.05) is 25.0 Å². The van der Waals surface area contributed by atoms with Crippen LogP contribution in [-0.2, 0) is 4.79 Å². The van der Waals surface area contributed by atoms with Crippen LogP contribution in [0.3, 0.4) is 0 Å². The molecule has 0 aromatic heterocycles. The molecule has 0 bridgehead atoms. The highest BCUT2D eigenvalue weighted by Gasteiger charge is 2.49. The molecule has 102 valence electrons. The van der Waals surface area contributed by atoms with Crippen molar-refractivity contribution < 1.29 is 9.18 Å². The molecule has 0 heterocycles. The Morgan fingerprint density at radius 1 is 1.21 bits per heavy atom. The van der Waals surface area contributed by atoms with Crippen molar-refractivity contribution in [2.45, 2.75) is 57.8 Å². The lowest BCUT2D eigenvalue weighted by Crippen LogP contribution is -2.36. The number of ketones is 1. The molecule has 2 fully saturated rings. The van der Waals surface area contributed by atoms with Gasteiger partial charge in [0.15, 0.2) is 0 Å². The van der Waals surface area contributed by atoms with E-state index in [-0.39, 0.29) is 11.2 Å². The Morgan fingerprint density at radius 3 is 2.74 bits per heavy atom. The molecule has 0 amide bonds. The smallest absolute Gasteiger partial charge is 0.139 e. The van der Waals surface area contributed by atoms with Gasteiger partial charge >= 0.3 is 0 Å². The summed E-state index contributed by atoms with van der Waals surface area (Å²) < 4.78 is 13.4. The van der Waals surface area contributed by atoms with E-state index in [1.54, 1.807) is 6.07 Å². The van der Waals surface area contributed by atoms with E-state index < -0.39 is 0 Å². The molecular formula is C17H21FO. The maximum Gasteiger partial charge on any atom is 0.139 e. The van der Waals surface area contributed by atoms with Gasteiger partial charge in [-0.15, -0.1) is 0 Å². The number of rotatable bonds is 1. The Hall–Kier alpha value is -1.18. The lowest BCUT2D eigenvalue weighted by atomic mass is 9.64. The summed E-state index contributed by atoms with van der Waals surface area (Å²) in [7, 11) is 0. The molecule has 0 radical (unpaired) electrons. The number of halogens is 1. The quantitative estimate of drug-likeness (QED) is 0.725. The molecule has 0 aliphatic heterocycles. The molecular weight excluding hydrogens is 239 g/mol. The van der Waals surface area contributed by atoms with Gasteiger partial charge in [-0.3, -0.25) is 4.79 Å². The average molecular weight is 260 g/mol. The third-order valence-electron chi connectivity index (χ3n) is 5.20. The maximum absolute atomic E-state index is 13.4. The van der Waals surface area contributed by atoms with Crippen molar-refractivity contribution in [1.29, 1.82) is 0 Å². The van der Waals surface area contributed by atoms with E-state index >= 15 is 0 Å². The summed E-state index contributed by atoms with van der Waals surface area (Å²) in [6.07, 6.45) is 7.25. The largest absolute Gasteiger partial charge is 0.299 e. The molecule has 19 heavy (non-hydrogen) atoms. The summed E-state index contributed by atoms with van der Waals surface area (Å²) in [6, 6.07) is 5.40. The summed E-state index contributed by atoms with van der Waals surface area (Å²) in [5.74, 6) is 0.633. The lowest BCUT2D eigenvalue weighted by molar-refractivity contribution is -0.131. The molecule has 0 N–H and O–H groups in total. The zero-order valence-electron chi connectivity index (χ0n) is 11.5. The van der Waals surface area contributed by atoms with Crippen LogP contribution in [0.5, 0.6) is 0 Å². The minimum atomic E-state index is -0.147. The number of carbonyl (C=O) groups is 1. The predicted octanol–water partition coefficient (Wildman–Crippen LogP) is 4.53. The minimum absolute atomic E-state index is 0.123. The van der Waals surface area contributed by atoms with Crippen LogP contribution in [0.25, 0.3) is 0 Å². The fraction of sp³-hybridized carbons (Fsp3) is 0.588. The number of hydrogen-bond acceptors (Lipinski definition) is 1. The molecule has 1 aromatic carbocycles. The van der Waals surface area contributed by atoms with Crippen molar-refractivity contribution in [1.82, 2.24) is 0 Å². The predicted molar refractivity (Wildman–Crippen MR) is 73.6 cm³/mol. The molecule has 1 spiro atoms. The molecule has 0 saturated heterocycles. The molecule has 2 saturated carbocycles. The number of hydrogen-bond donors (Lipinski definition) is 0. The van der Waals surface area contributed by atoms with Crippen LogP contribution in [0, 0.1) is 18.2 Å². The van der Waals surface area contributed by atoms with E-state index in [4.69, 9.17) is 0 Å². The number of Topliss-reactive ketones (excluding diaryl/α,β-unsaturated/α-hetero) is 1. The second-order valence-corrected chi connectivity index (χ2v) is 6.24. The topological polar surface area (TPSA) is 17.1 Å². The number of benzene rings is 1. The van der Waals surface area contributed by atoms with E-state index in [0.29, 0.717) is 17.3 Å². The fourth-order valence-electron chi connectivity index (χ4n) is 4.19. The van der Waals surface area contributed by atoms with E-state index in [1.807, 2.05) is 19.1 Å². The van der Waals surface area contributed by atoms with Crippen molar-refractivity contribution >= 4 is 5.78 Å². The van der Waals surface area contributed by atoms with E-state index in [0.717, 1.165) is 38.5 Å². The third-order valence-corrected chi connectivity index (χ3v) is 5.20. The van der Waals surface area contributed by atoms with Crippen LogP contribution in [0.1, 0.15) is 62.0 Å². The van der Waals surface area contributed by atoms with Gasteiger partial charge in [0, 0.05) is 11.8 Å². The van der Waals surface area contributed by atoms with Crippen LogP contribution in [0.2, 0.25) is 0 Å². The molecule has 3 rings (SSSR count). The fourth-order valence-corrected chi connectivity index (χ4v) is 4.19. The van der Waals surface area contributed by atoms with Crippen LogP contribution >= 0.6 is 0 Å². The first-order chi connectivity index (χ1) is 9.13. The summed E-state index contributed by atoms with van der Waals surface area (Å²) in [5, 5.41) is 0. The van der Waals surface area contributed by atoms with Gasteiger partial charge in [0.1, 0.15) is 11.6 Å². The normalized spacial score (nSPS) is 31.1. The Bertz CT molecular complexity index is 508. The third kappa shape index (κ3) is 2.01. The van der Waals surface area contributed by atoms with Crippen molar-refractivity contribution in [2.24, 2.45) is 5.41 Å². The number of carbonyl (C=O) groups excluding carboxylic acids is 1. The van der Waals surface area contributed by atoms with Crippen molar-refractivity contribution in [3.63, 3.8) is 0 Å². The summed E-state index contributed by atoms with van der Waals surface area (Å²) in [5.41, 5.74) is 1.75. The Morgan fingerprint density at radius 2 is 2.00 bits per heavy atom. The highest BCUT2D eigenvalue weighted by molar-refractivity contribution is 5.87. The van der Waals surface area contributed by atoms with E-state index in [9.17, 15) is 9.18 Å². The molecule has 2 aliphatic rings. The minimum Gasteiger partial charge on any atom is -0.299 e. The van der Waals surface area contributed by atoms with Crippen LogP contribution < -0.4 is 0 Å². The molecule has 1 aromatic rings. The van der Waals surface area contributed by atoms with Crippen LogP contribution in [0.4, 0.5) is 4.39 Å². The molecule has 2 aliphatic carbocycles. The van der Waals surface area contributed by atoms with Gasteiger partial charge in [-0.25, -0.2) is 4.39 Å². The highest BCUT2D eigenvalue weighted by atomic mass is 19.1. The van der Waals surface area contributed by atoms with Gasteiger partial charge in [-0.05, 0) is 55.7 Å². The first-order valence-electron chi connectivity index (χ1n) is 7.43. The van der Waals surface area contributed by atoms with Gasteiger partial charge in [0.05, 0.1) is 0 Å². The molecule has 2 atom stereocenters. The van der Waals surface area contributed by atoms with E-state index in [2.05, 4.69) is 0 Å². The van der Waals surface area contributed by atoms with Crippen LogP contribution in [-0.4, -0.2) is 5.78 Å². The van der Waals surface area contributed by atoms with Crippen LogP contribution in [0.15, 0.2) is 18.2 Å². The first kappa shape index (κ1) is 12.8. The van der Waals surface area contributed by atoms with Crippen molar-refractivity contribution in [2.75, 3.05) is 0 Å². The highest BCUT2D eigenvalue weighted by Crippen LogP contribution is 2.55.